The number of rotatable bonds is 7. The number of hydrogen-bond donors (Lipinski definition) is 2. The van der Waals surface area contributed by atoms with Crippen LogP contribution in [0.25, 0.3) is 11.0 Å². The van der Waals surface area contributed by atoms with Crippen molar-refractivity contribution in [1.82, 2.24) is 9.97 Å². The monoisotopic (exact) mass is 496 g/mol. The van der Waals surface area contributed by atoms with Gasteiger partial charge in [-0.15, -0.1) is 0 Å². The summed E-state index contributed by atoms with van der Waals surface area (Å²) in [6.45, 7) is 0. The van der Waals surface area contributed by atoms with Crippen LogP contribution in [0, 0.1) is 0 Å². The van der Waals surface area contributed by atoms with Gasteiger partial charge in [0, 0.05) is 11.3 Å². The molecule has 0 saturated heterocycles. The number of carbonyl (C=O) groups excluding carboxylic acids is 1. The van der Waals surface area contributed by atoms with E-state index in [1.54, 1.807) is 42.5 Å². The van der Waals surface area contributed by atoms with Gasteiger partial charge in [0.15, 0.2) is 5.82 Å². The third-order valence-corrected chi connectivity index (χ3v) is 6.58. The molecule has 5 rings (SSSR count). The van der Waals surface area contributed by atoms with Gasteiger partial charge in [-0.25, -0.2) is 13.4 Å². The number of nitrogens with one attached hydrogen (secondary N) is 2. The van der Waals surface area contributed by atoms with Crippen LogP contribution in [0.2, 0.25) is 0 Å². The molecule has 0 bridgehead atoms. The van der Waals surface area contributed by atoms with Crippen LogP contribution in [0.4, 0.5) is 11.5 Å². The lowest BCUT2D eigenvalue weighted by atomic mass is 10.2. The number of amides is 1. The third-order valence-electron chi connectivity index (χ3n) is 5.21. The second-order valence-corrected chi connectivity index (χ2v) is 9.45. The summed E-state index contributed by atoms with van der Waals surface area (Å²) in [7, 11) is -3.89. The molecule has 0 radical (unpaired) electrons. The van der Waals surface area contributed by atoms with Crippen LogP contribution in [-0.2, 0) is 10.0 Å². The number of ether oxygens (including phenoxy) is 1. The molecule has 0 aliphatic rings. The van der Waals surface area contributed by atoms with Crippen LogP contribution in [0.3, 0.4) is 0 Å². The van der Waals surface area contributed by atoms with Crippen LogP contribution < -0.4 is 14.8 Å². The molecule has 9 heteroatoms. The summed E-state index contributed by atoms with van der Waals surface area (Å²) < 4.78 is 33.7. The van der Waals surface area contributed by atoms with E-state index in [0.717, 1.165) is 0 Å². The molecule has 1 amide bonds. The lowest BCUT2D eigenvalue weighted by molar-refractivity contribution is 0.102. The number of fused-ring (bicyclic) bond motifs is 1. The number of hydrogen-bond acceptors (Lipinski definition) is 6. The van der Waals surface area contributed by atoms with Gasteiger partial charge in [0.25, 0.3) is 15.9 Å². The van der Waals surface area contributed by atoms with Crippen molar-refractivity contribution in [2.75, 3.05) is 10.0 Å². The van der Waals surface area contributed by atoms with Gasteiger partial charge in [-0.05, 0) is 72.8 Å². The van der Waals surface area contributed by atoms with Crippen LogP contribution >= 0.6 is 0 Å². The SMILES string of the molecule is O=C(Nc1ccc(S(=O)(=O)Nc2cnc3ccccc3n2)cc1)c1ccc(Oc2ccccc2)cc1. The van der Waals surface area contributed by atoms with E-state index in [0.29, 0.717) is 33.8 Å². The molecule has 2 N–H and O–H groups in total. The Morgan fingerprint density at radius 3 is 2.08 bits per heavy atom. The van der Waals surface area contributed by atoms with E-state index in [1.165, 1.54) is 30.5 Å². The maximum Gasteiger partial charge on any atom is 0.263 e. The quantitative estimate of drug-likeness (QED) is 0.309. The zero-order chi connectivity index (χ0) is 25.0. The first-order valence-electron chi connectivity index (χ1n) is 11.0. The lowest BCUT2D eigenvalue weighted by Crippen LogP contribution is -2.15. The van der Waals surface area contributed by atoms with Gasteiger partial charge in [0.1, 0.15) is 11.5 Å². The van der Waals surface area contributed by atoms with Gasteiger partial charge in [0.05, 0.1) is 22.1 Å². The molecule has 4 aromatic carbocycles. The lowest BCUT2D eigenvalue weighted by Gasteiger charge is -2.10. The smallest absolute Gasteiger partial charge is 0.263 e. The minimum absolute atomic E-state index is 0.0258. The fraction of sp³-hybridized carbons (Fsp3) is 0. The van der Waals surface area contributed by atoms with E-state index in [9.17, 15) is 13.2 Å². The highest BCUT2D eigenvalue weighted by molar-refractivity contribution is 7.92. The summed E-state index contributed by atoms with van der Waals surface area (Å²) in [6.07, 6.45) is 1.37. The molecule has 0 unspecified atom stereocenters. The number of aromatic nitrogens is 2. The van der Waals surface area contributed by atoms with Crippen molar-refractivity contribution >= 4 is 38.5 Å². The van der Waals surface area contributed by atoms with Gasteiger partial charge in [0.2, 0.25) is 0 Å². The van der Waals surface area contributed by atoms with Crippen molar-refractivity contribution in [3.63, 3.8) is 0 Å². The predicted octanol–water partition coefficient (Wildman–Crippen LogP) is 5.48. The van der Waals surface area contributed by atoms with Crippen molar-refractivity contribution in [2.45, 2.75) is 4.90 Å². The van der Waals surface area contributed by atoms with Crippen LogP contribution in [-0.4, -0.2) is 24.3 Å². The molecule has 1 heterocycles. The minimum atomic E-state index is -3.89. The Morgan fingerprint density at radius 2 is 1.36 bits per heavy atom. The molecule has 36 heavy (non-hydrogen) atoms. The highest BCUT2D eigenvalue weighted by Crippen LogP contribution is 2.22. The maximum atomic E-state index is 12.8. The summed E-state index contributed by atoms with van der Waals surface area (Å²) in [5.41, 5.74) is 2.13. The number of anilines is 2. The first-order chi connectivity index (χ1) is 17.5. The molecule has 1 aromatic heterocycles. The molecule has 178 valence electrons. The summed E-state index contributed by atoms with van der Waals surface area (Å²) in [4.78, 5) is 21.1. The summed E-state index contributed by atoms with van der Waals surface area (Å²) in [5, 5.41) is 2.76. The van der Waals surface area contributed by atoms with Gasteiger partial charge in [-0.1, -0.05) is 30.3 Å². The van der Waals surface area contributed by atoms with E-state index < -0.39 is 10.0 Å². The van der Waals surface area contributed by atoms with Crippen molar-refractivity contribution in [3.8, 4) is 11.5 Å². The topological polar surface area (TPSA) is 110 Å². The zero-order valence-electron chi connectivity index (χ0n) is 18.8. The van der Waals surface area contributed by atoms with Gasteiger partial charge >= 0.3 is 0 Å². The maximum absolute atomic E-state index is 12.8. The average molecular weight is 497 g/mol. The van der Waals surface area contributed by atoms with Crippen molar-refractivity contribution in [1.29, 1.82) is 0 Å². The van der Waals surface area contributed by atoms with Crippen molar-refractivity contribution in [2.24, 2.45) is 0 Å². The molecule has 0 aliphatic carbocycles. The first kappa shape index (κ1) is 23.0. The third kappa shape index (κ3) is 5.31. The molecule has 0 spiro atoms. The minimum Gasteiger partial charge on any atom is -0.457 e. The average Bonchev–Trinajstić information content (AvgIpc) is 2.90. The fourth-order valence-corrected chi connectivity index (χ4v) is 4.41. The Bertz CT molecular complexity index is 1620. The van der Waals surface area contributed by atoms with Gasteiger partial charge < -0.3 is 10.1 Å². The highest BCUT2D eigenvalue weighted by atomic mass is 32.2. The Hall–Kier alpha value is -4.76. The Balaban J connectivity index is 1.23. The molecule has 0 aliphatic heterocycles. The standard InChI is InChI=1S/C27H20N4O4S/c32-27(19-10-14-22(15-11-19)35-21-6-2-1-3-7-21)29-20-12-16-23(17-13-20)36(33,34)31-26-18-28-24-8-4-5-9-25(24)30-26/h1-18H,(H,29,32)(H,30,31). The van der Waals surface area contributed by atoms with E-state index in [-0.39, 0.29) is 16.6 Å². The molecule has 8 nitrogen and oxygen atoms in total. The molecular formula is C27H20N4O4S. The molecule has 5 aromatic rings. The number of sulfonamides is 1. The first-order valence-corrected chi connectivity index (χ1v) is 12.4. The zero-order valence-corrected chi connectivity index (χ0v) is 19.6. The molecule has 0 fully saturated rings. The van der Waals surface area contributed by atoms with E-state index in [4.69, 9.17) is 4.74 Å². The van der Waals surface area contributed by atoms with Crippen molar-refractivity contribution < 1.29 is 17.9 Å². The largest absolute Gasteiger partial charge is 0.457 e. The van der Waals surface area contributed by atoms with E-state index >= 15 is 0 Å². The number of para-hydroxylation sites is 3. The number of benzene rings is 4. The molecule has 0 atom stereocenters. The normalized spacial score (nSPS) is 11.1. The summed E-state index contributed by atoms with van der Waals surface area (Å²) in [6, 6.07) is 29.1. The predicted molar refractivity (Wildman–Crippen MR) is 138 cm³/mol. The summed E-state index contributed by atoms with van der Waals surface area (Å²) in [5.74, 6) is 1.09. The molecular weight excluding hydrogens is 476 g/mol. The Morgan fingerprint density at radius 1 is 0.722 bits per heavy atom. The second-order valence-electron chi connectivity index (χ2n) is 7.77. The number of carbonyl (C=O) groups is 1. The van der Waals surface area contributed by atoms with E-state index in [2.05, 4.69) is 20.0 Å². The Labute approximate surface area is 207 Å². The Kier molecular flexibility index (Phi) is 6.29. The molecule has 0 saturated carbocycles. The van der Waals surface area contributed by atoms with Gasteiger partial charge in [-0.3, -0.25) is 14.5 Å². The summed E-state index contributed by atoms with van der Waals surface area (Å²) >= 11 is 0. The van der Waals surface area contributed by atoms with E-state index in [1.807, 2.05) is 36.4 Å². The van der Waals surface area contributed by atoms with Crippen LogP contribution in [0.15, 0.2) is 114 Å². The fourth-order valence-electron chi connectivity index (χ4n) is 3.42. The van der Waals surface area contributed by atoms with Crippen molar-refractivity contribution in [3.05, 3.63) is 115 Å². The van der Waals surface area contributed by atoms with Crippen LogP contribution in [0.5, 0.6) is 11.5 Å². The second kappa shape index (κ2) is 9.85. The highest BCUT2D eigenvalue weighted by Gasteiger charge is 2.16. The van der Waals surface area contributed by atoms with Crippen LogP contribution in [0.1, 0.15) is 10.4 Å². The number of nitrogens with zero attached hydrogens (tertiary/aromatic N) is 2. The van der Waals surface area contributed by atoms with Gasteiger partial charge in [-0.2, -0.15) is 0 Å².